The van der Waals surface area contributed by atoms with Gasteiger partial charge in [0.2, 0.25) is 0 Å². The Balaban J connectivity index is 3.25. The van der Waals surface area contributed by atoms with Gasteiger partial charge in [0, 0.05) is 9.64 Å². The Morgan fingerprint density at radius 1 is 1.06 bits per heavy atom. The Morgan fingerprint density at radius 3 is 1.89 bits per heavy atom. The van der Waals surface area contributed by atoms with E-state index in [9.17, 15) is 19.4 Å². The molecule has 0 aromatic heterocycles. The van der Waals surface area contributed by atoms with E-state index in [0.717, 1.165) is 6.07 Å². The van der Waals surface area contributed by atoms with Crippen molar-refractivity contribution in [2.24, 2.45) is 0 Å². The third kappa shape index (κ3) is 4.51. The Kier molecular flexibility index (Phi) is 3.27. The van der Waals surface area contributed by atoms with Crippen molar-refractivity contribution in [3.8, 4) is 0 Å². The lowest BCUT2D eigenvalue weighted by molar-refractivity contribution is 0.364. The van der Waals surface area contributed by atoms with Gasteiger partial charge in [-0.1, -0.05) is 51.8 Å². The Morgan fingerprint density at radius 2 is 1.56 bits per heavy atom. The minimum Gasteiger partial charge on any atom is -0.119 e. The first kappa shape index (κ1) is 15.9. The Hall–Kier alpha value is -0.140. The summed E-state index contributed by atoms with van der Waals surface area (Å²) >= 11 is 6.84. The topological polar surface area (TPSA) is 0 Å². The predicted octanol–water partition coefficient (Wildman–Crippen LogP) is 6.89. The van der Waals surface area contributed by atoms with Crippen molar-refractivity contribution in [3.05, 3.63) is 23.2 Å². The molecule has 0 spiro atoms. The highest BCUT2D eigenvalue weighted by atomic mass is 35.5. The summed E-state index contributed by atoms with van der Waals surface area (Å²) in [5, 5.41) is -0.319. The van der Waals surface area contributed by atoms with Crippen LogP contribution in [-0.4, -0.2) is 4.75 Å². The molecule has 0 unspecified atom stereocenters. The van der Waals surface area contributed by atoms with Crippen molar-refractivity contribution in [1.29, 1.82) is 0 Å². The van der Waals surface area contributed by atoms with Crippen molar-refractivity contribution in [3.63, 3.8) is 0 Å². The number of hydrogen-bond donors (Lipinski definition) is 0. The molecule has 1 aromatic carbocycles. The van der Waals surface area contributed by atoms with Crippen LogP contribution in [0.15, 0.2) is 28.0 Å². The molecule has 0 aliphatic rings. The van der Waals surface area contributed by atoms with Crippen LogP contribution >= 0.6 is 33.6 Å². The van der Waals surface area contributed by atoms with Gasteiger partial charge in [0.25, 0.3) is 0 Å². The zero-order chi connectivity index (χ0) is 14.5. The van der Waals surface area contributed by atoms with Crippen molar-refractivity contribution in [2.75, 3.05) is 0 Å². The lowest BCUT2D eigenvalue weighted by Crippen LogP contribution is -2.08. The molecular formula is C10H12ClF5S2. The van der Waals surface area contributed by atoms with Gasteiger partial charge in [-0.05, 0) is 18.2 Å². The van der Waals surface area contributed by atoms with Gasteiger partial charge in [0.15, 0.2) is 0 Å². The fourth-order valence-electron chi connectivity index (χ4n) is 1.13. The lowest BCUT2D eigenvalue weighted by Gasteiger charge is -2.40. The fraction of sp³-hybridized carbons (Fsp3) is 0.400. The third-order valence-corrected chi connectivity index (χ3v) is 4.52. The van der Waals surface area contributed by atoms with E-state index in [0.29, 0.717) is 11.0 Å². The van der Waals surface area contributed by atoms with Crippen LogP contribution in [-0.2, 0) is 0 Å². The summed E-state index contributed by atoms with van der Waals surface area (Å²) in [6.07, 6.45) is 0. The van der Waals surface area contributed by atoms with Gasteiger partial charge in [-0.3, -0.25) is 0 Å². The summed E-state index contributed by atoms with van der Waals surface area (Å²) in [6.45, 7) is 5.52. The van der Waals surface area contributed by atoms with Gasteiger partial charge in [-0.2, -0.15) is 0 Å². The van der Waals surface area contributed by atoms with E-state index >= 15 is 0 Å². The average Bonchev–Trinajstić information content (AvgIpc) is 2.01. The van der Waals surface area contributed by atoms with E-state index in [1.165, 1.54) is 11.8 Å². The van der Waals surface area contributed by atoms with Crippen molar-refractivity contribution in [2.45, 2.75) is 35.3 Å². The van der Waals surface area contributed by atoms with E-state index in [1.54, 1.807) is 0 Å². The normalized spacial score (nSPS) is 17.2. The highest BCUT2D eigenvalue weighted by Gasteiger charge is 2.65. The molecule has 0 radical (unpaired) electrons. The molecule has 1 rings (SSSR count). The summed E-state index contributed by atoms with van der Waals surface area (Å²) < 4.78 is 62.4. The van der Waals surface area contributed by atoms with E-state index in [1.807, 2.05) is 20.8 Å². The summed E-state index contributed by atoms with van der Waals surface area (Å²) in [4.78, 5) is -1.62. The fourth-order valence-corrected chi connectivity index (χ4v) is 3.11. The molecular weight excluding hydrogens is 315 g/mol. The molecule has 0 aliphatic heterocycles. The lowest BCUT2D eigenvalue weighted by atomic mass is 10.3. The second-order valence-corrected chi connectivity index (χ2v) is 9.46. The largest absolute Gasteiger partial charge is 0.310 e. The second-order valence-electron chi connectivity index (χ2n) is 4.78. The van der Waals surface area contributed by atoms with Crippen LogP contribution in [0.1, 0.15) is 20.8 Å². The number of rotatable bonds is 2. The summed E-state index contributed by atoms with van der Waals surface area (Å²) in [7, 11) is -9.64. The quantitative estimate of drug-likeness (QED) is 0.421. The van der Waals surface area contributed by atoms with Crippen LogP contribution in [0.4, 0.5) is 19.4 Å². The second kappa shape index (κ2) is 3.70. The highest BCUT2D eigenvalue weighted by Crippen LogP contribution is 3.02. The standard InChI is InChI=1S/C10H12ClF5S2/c1-10(2,3)17-9-5-4-7(6-8(9)11)18(12,13,14,15)16/h4-6H,1-3H3. The molecule has 0 aliphatic carbocycles. The molecule has 0 saturated heterocycles. The number of hydrogen-bond acceptors (Lipinski definition) is 1. The van der Waals surface area contributed by atoms with Gasteiger partial charge in [-0.25, -0.2) is 0 Å². The van der Waals surface area contributed by atoms with E-state index in [-0.39, 0.29) is 15.8 Å². The minimum atomic E-state index is -9.64. The molecule has 0 amide bonds. The third-order valence-electron chi connectivity index (χ3n) is 1.76. The van der Waals surface area contributed by atoms with Gasteiger partial charge in [-0.15, -0.1) is 11.8 Å². The smallest absolute Gasteiger partial charge is 0.119 e. The zero-order valence-corrected chi connectivity index (χ0v) is 12.2. The van der Waals surface area contributed by atoms with Gasteiger partial charge in [0.05, 0.1) is 5.02 Å². The van der Waals surface area contributed by atoms with Crippen LogP contribution in [0.5, 0.6) is 0 Å². The molecule has 8 heteroatoms. The number of halogens is 6. The van der Waals surface area contributed by atoms with E-state index in [4.69, 9.17) is 11.6 Å². The van der Waals surface area contributed by atoms with Gasteiger partial charge >= 0.3 is 10.2 Å². The average molecular weight is 327 g/mol. The Labute approximate surface area is 112 Å². The monoisotopic (exact) mass is 326 g/mol. The van der Waals surface area contributed by atoms with Gasteiger partial charge in [0.1, 0.15) is 4.90 Å². The first-order valence-electron chi connectivity index (χ1n) is 4.81. The number of benzene rings is 1. The maximum atomic E-state index is 12.5. The number of thioether (sulfide) groups is 1. The van der Waals surface area contributed by atoms with Crippen molar-refractivity contribution in [1.82, 2.24) is 0 Å². The molecule has 0 nitrogen and oxygen atoms in total. The summed E-state index contributed by atoms with van der Waals surface area (Å²) in [5.41, 5.74) is 0. The van der Waals surface area contributed by atoms with Crippen LogP contribution in [0.2, 0.25) is 5.02 Å². The van der Waals surface area contributed by atoms with Crippen molar-refractivity contribution < 1.29 is 19.4 Å². The van der Waals surface area contributed by atoms with Crippen LogP contribution < -0.4 is 0 Å². The molecule has 0 heterocycles. The minimum absolute atomic E-state index is 0.278. The van der Waals surface area contributed by atoms with Gasteiger partial charge < -0.3 is 0 Å². The molecule has 0 N–H and O–H groups in total. The molecule has 1 aromatic rings. The highest BCUT2D eigenvalue weighted by molar-refractivity contribution is 8.45. The first-order valence-corrected chi connectivity index (χ1v) is 7.96. The Bertz CT molecular complexity index is 475. The molecule has 106 valence electrons. The maximum absolute atomic E-state index is 12.5. The van der Waals surface area contributed by atoms with Crippen LogP contribution in [0, 0.1) is 0 Å². The van der Waals surface area contributed by atoms with Crippen LogP contribution in [0.3, 0.4) is 0 Å². The zero-order valence-electron chi connectivity index (χ0n) is 9.82. The SMILES string of the molecule is CC(C)(C)Sc1ccc(S(F)(F)(F)(F)F)cc1Cl. The van der Waals surface area contributed by atoms with E-state index < -0.39 is 15.1 Å². The van der Waals surface area contributed by atoms with E-state index in [2.05, 4.69) is 0 Å². The van der Waals surface area contributed by atoms with Crippen molar-refractivity contribution >= 4 is 33.6 Å². The van der Waals surface area contributed by atoms with Crippen LogP contribution in [0.25, 0.3) is 0 Å². The molecule has 0 saturated carbocycles. The molecule has 0 fully saturated rings. The maximum Gasteiger partial charge on any atom is 0.310 e. The molecule has 0 atom stereocenters. The molecule has 18 heavy (non-hydrogen) atoms. The summed E-state index contributed by atoms with van der Waals surface area (Å²) in [5.74, 6) is 0. The predicted molar refractivity (Wildman–Crippen MR) is 68.5 cm³/mol. The first-order chi connectivity index (χ1) is 7.58. The summed E-state index contributed by atoms with van der Waals surface area (Å²) in [6, 6.07) is 1.64. The molecule has 0 bridgehead atoms.